The van der Waals surface area contributed by atoms with Crippen LogP contribution in [0.25, 0.3) is 16.8 Å². The van der Waals surface area contributed by atoms with E-state index in [1.54, 1.807) is 24.3 Å². The molecule has 0 atom stereocenters. The second-order valence-corrected chi connectivity index (χ2v) is 10.2. The van der Waals surface area contributed by atoms with Gasteiger partial charge in [-0.25, -0.2) is 9.69 Å². The van der Waals surface area contributed by atoms with E-state index in [1.165, 1.54) is 13.2 Å². The van der Waals surface area contributed by atoms with Gasteiger partial charge in [0.25, 0.3) is 11.8 Å². The van der Waals surface area contributed by atoms with E-state index < -0.39 is 17.8 Å². The number of ether oxygens (including phenoxy) is 2. The standard InChI is InChI=1S/C32H27BrN2O5/c1-4-21-9-6-8-12-27(21)35-31(37)24(30(36)34-32(35)38)15-20-16-26(33)29(28(17-20)39-3)40-18-25-19(2)13-14-22-10-5-7-11-23(22)25/h5-17H,4,18H2,1-3H3,(H,34,36,38)/b24-15-. The van der Waals surface area contributed by atoms with Crippen molar-refractivity contribution >= 4 is 56.3 Å². The molecule has 1 heterocycles. The predicted octanol–water partition coefficient (Wildman–Crippen LogP) is 6.73. The Morgan fingerprint density at radius 1 is 0.975 bits per heavy atom. The molecule has 1 N–H and O–H groups in total. The molecule has 1 fully saturated rings. The Kier molecular flexibility index (Phi) is 7.71. The lowest BCUT2D eigenvalue weighted by Gasteiger charge is -2.28. The predicted molar refractivity (Wildman–Crippen MR) is 159 cm³/mol. The summed E-state index contributed by atoms with van der Waals surface area (Å²) in [6.45, 7) is 4.30. The van der Waals surface area contributed by atoms with E-state index in [-0.39, 0.29) is 5.57 Å². The quantitative estimate of drug-likeness (QED) is 0.188. The van der Waals surface area contributed by atoms with Crippen molar-refractivity contribution in [1.82, 2.24) is 5.32 Å². The topological polar surface area (TPSA) is 84.9 Å². The minimum Gasteiger partial charge on any atom is -0.493 e. The minimum absolute atomic E-state index is 0.167. The van der Waals surface area contributed by atoms with Crippen LogP contribution < -0.4 is 19.7 Å². The summed E-state index contributed by atoms with van der Waals surface area (Å²) in [6, 6.07) is 22.1. The summed E-state index contributed by atoms with van der Waals surface area (Å²) in [5.41, 5.74) is 3.79. The largest absolute Gasteiger partial charge is 0.493 e. The molecule has 4 amide bonds. The fourth-order valence-corrected chi connectivity index (χ4v) is 5.39. The van der Waals surface area contributed by atoms with Crippen LogP contribution in [0.3, 0.4) is 0 Å². The van der Waals surface area contributed by atoms with Gasteiger partial charge in [-0.1, -0.05) is 61.5 Å². The molecule has 1 aliphatic heterocycles. The Balaban J connectivity index is 1.47. The maximum Gasteiger partial charge on any atom is 0.335 e. The third-order valence-corrected chi connectivity index (χ3v) is 7.50. The van der Waals surface area contributed by atoms with Crippen LogP contribution >= 0.6 is 15.9 Å². The molecular formula is C32H27BrN2O5. The summed E-state index contributed by atoms with van der Waals surface area (Å²) in [5, 5.41) is 4.53. The zero-order chi connectivity index (χ0) is 28.4. The molecule has 0 aliphatic carbocycles. The van der Waals surface area contributed by atoms with Gasteiger partial charge >= 0.3 is 6.03 Å². The average molecular weight is 599 g/mol. The van der Waals surface area contributed by atoms with Crippen molar-refractivity contribution in [2.45, 2.75) is 26.9 Å². The number of urea groups is 1. The number of benzene rings is 4. The smallest absolute Gasteiger partial charge is 0.335 e. The monoisotopic (exact) mass is 598 g/mol. The lowest BCUT2D eigenvalue weighted by molar-refractivity contribution is -0.122. The molecule has 0 aromatic heterocycles. The van der Waals surface area contributed by atoms with Gasteiger partial charge < -0.3 is 9.47 Å². The number of nitrogens with zero attached hydrogens (tertiary/aromatic N) is 1. The zero-order valence-electron chi connectivity index (χ0n) is 22.3. The number of hydrogen-bond acceptors (Lipinski definition) is 5. The molecule has 0 radical (unpaired) electrons. The molecule has 4 aromatic rings. The fourth-order valence-electron chi connectivity index (χ4n) is 4.81. The van der Waals surface area contributed by atoms with Crippen molar-refractivity contribution in [3.63, 3.8) is 0 Å². The number of hydrogen-bond donors (Lipinski definition) is 1. The highest BCUT2D eigenvalue weighted by atomic mass is 79.9. The molecule has 202 valence electrons. The molecule has 0 bridgehead atoms. The number of aryl methyl sites for hydroxylation is 2. The van der Waals surface area contributed by atoms with Crippen LogP contribution in [0.2, 0.25) is 0 Å². The Bertz CT molecular complexity index is 1690. The van der Waals surface area contributed by atoms with Crippen LogP contribution in [0.15, 0.2) is 82.8 Å². The normalized spacial score (nSPS) is 14.6. The van der Waals surface area contributed by atoms with Crippen molar-refractivity contribution in [2.75, 3.05) is 12.0 Å². The van der Waals surface area contributed by atoms with Crippen LogP contribution in [-0.4, -0.2) is 25.0 Å². The van der Waals surface area contributed by atoms with Crippen molar-refractivity contribution in [3.8, 4) is 11.5 Å². The minimum atomic E-state index is -0.778. The molecule has 1 saturated heterocycles. The Labute approximate surface area is 240 Å². The molecule has 0 unspecified atom stereocenters. The maximum atomic E-state index is 13.4. The Morgan fingerprint density at radius 2 is 1.73 bits per heavy atom. The van der Waals surface area contributed by atoms with Gasteiger partial charge in [0.2, 0.25) is 0 Å². The molecule has 4 aromatic carbocycles. The van der Waals surface area contributed by atoms with E-state index in [0.717, 1.165) is 32.4 Å². The summed E-state index contributed by atoms with van der Waals surface area (Å²) in [4.78, 5) is 39.9. The molecule has 0 saturated carbocycles. The van der Waals surface area contributed by atoms with Crippen LogP contribution in [0.4, 0.5) is 10.5 Å². The lowest BCUT2D eigenvalue weighted by atomic mass is 10.0. The second-order valence-electron chi connectivity index (χ2n) is 9.35. The first-order valence-corrected chi connectivity index (χ1v) is 13.6. The third-order valence-electron chi connectivity index (χ3n) is 6.91. The summed E-state index contributed by atoms with van der Waals surface area (Å²) in [7, 11) is 1.52. The number of anilines is 1. The van der Waals surface area contributed by atoms with Gasteiger partial charge in [-0.15, -0.1) is 0 Å². The van der Waals surface area contributed by atoms with Crippen LogP contribution in [-0.2, 0) is 22.6 Å². The zero-order valence-corrected chi connectivity index (χ0v) is 23.9. The Morgan fingerprint density at radius 3 is 2.50 bits per heavy atom. The number of nitrogens with one attached hydrogen (secondary N) is 1. The highest BCUT2D eigenvalue weighted by molar-refractivity contribution is 9.10. The van der Waals surface area contributed by atoms with Crippen molar-refractivity contribution in [2.24, 2.45) is 0 Å². The number of rotatable bonds is 7. The number of methoxy groups -OCH3 is 1. The summed E-state index contributed by atoms with van der Waals surface area (Å²) < 4.78 is 12.5. The van der Waals surface area contributed by atoms with Crippen molar-refractivity contribution in [3.05, 3.63) is 105 Å². The molecule has 5 rings (SSSR count). The Hall–Kier alpha value is -4.43. The van der Waals surface area contributed by atoms with Gasteiger partial charge in [0, 0.05) is 5.56 Å². The van der Waals surface area contributed by atoms with Gasteiger partial charge in [0.1, 0.15) is 12.2 Å². The number of para-hydroxylation sites is 1. The molecular weight excluding hydrogens is 572 g/mol. The second kappa shape index (κ2) is 11.4. The average Bonchev–Trinajstić information content (AvgIpc) is 2.95. The van der Waals surface area contributed by atoms with E-state index >= 15 is 0 Å². The van der Waals surface area contributed by atoms with E-state index in [2.05, 4.69) is 45.5 Å². The summed E-state index contributed by atoms with van der Waals surface area (Å²) in [5.74, 6) is -0.546. The number of carbonyl (C=O) groups excluding carboxylic acids is 3. The highest BCUT2D eigenvalue weighted by Gasteiger charge is 2.37. The first-order chi connectivity index (χ1) is 19.3. The maximum absolute atomic E-state index is 13.4. The molecule has 40 heavy (non-hydrogen) atoms. The SMILES string of the molecule is CCc1ccccc1N1C(=O)NC(=O)/C(=C/c2cc(Br)c(OCc3c(C)ccc4ccccc34)c(OC)c2)C1=O. The molecule has 8 heteroatoms. The van der Waals surface area contributed by atoms with E-state index in [1.807, 2.05) is 38.1 Å². The molecule has 0 spiro atoms. The van der Waals surface area contributed by atoms with Gasteiger partial charge in [-0.3, -0.25) is 14.9 Å². The van der Waals surface area contributed by atoms with Gasteiger partial charge in [-0.2, -0.15) is 0 Å². The first-order valence-electron chi connectivity index (χ1n) is 12.8. The first kappa shape index (κ1) is 27.1. The van der Waals surface area contributed by atoms with Gasteiger partial charge in [0.15, 0.2) is 11.5 Å². The van der Waals surface area contributed by atoms with E-state index in [0.29, 0.717) is 40.3 Å². The van der Waals surface area contributed by atoms with Crippen LogP contribution in [0.1, 0.15) is 29.2 Å². The van der Waals surface area contributed by atoms with Gasteiger partial charge in [0.05, 0.1) is 17.3 Å². The van der Waals surface area contributed by atoms with Crippen molar-refractivity contribution in [1.29, 1.82) is 0 Å². The number of carbonyl (C=O) groups is 3. The van der Waals surface area contributed by atoms with E-state index in [4.69, 9.17) is 9.47 Å². The van der Waals surface area contributed by atoms with Crippen LogP contribution in [0, 0.1) is 6.92 Å². The third kappa shape index (κ3) is 5.10. The molecule has 7 nitrogen and oxygen atoms in total. The fraction of sp³-hybridized carbons (Fsp3) is 0.156. The van der Waals surface area contributed by atoms with Crippen LogP contribution in [0.5, 0.6) is 11.5 Å². The summed E-state index contributed by atoms with van der Waals surface area (Å²) >= 11 is 3.57. The number of imide groups is 2. The van der Waals surface area contributed by atoms with Gasteiger partial charge in [-0.05, 0) is 81.0 Å². The highest BCUT2D eigenvalue weighted by Crippen LogP contribution is 2.39. The van der Waals surface area contributed by atoms with E-state index in [9.17, 15) is 14.4 Å². The number of fused-ring (bicyclic) bond motifs is 1. The number of halogens is 1. The van der Waals surface area contributed by atoms with Crippen molar-refractivity contribution < 1.29 is 23.9 Å². The summed E-state index contributed by atoms with van der Waals surface area (Å²) in [6.07, 6.45) is 2.06. The molecule has 1 aliphatic rings. The lowest BCUT2D eigenvalue weighted by Crippen LogP contribution is -2.54. The number of barbiturate groups is 1. The number of amides is 4.